The Morgan fingerprint density at radius 1 is 1.19 bits per heavy atom. The molecule has 21 heavy (non-hydrogen) atoms. The molecule has 0 radical (unpaired) electrons. The lowest BCUT2D eigenvalue weighted by molar-refractivity contribution is -0.142. The van der Waals surface area contributed by atoms with E-state index in [0.29, 0.717) is 6.61 Å². The molecular formula is C12H22N2O7. The first kappa shape index (κ1) is 19.1. The van der Waals surface area contributed by atoms with Crippen LogP contribution in [0.5, 0.6) is 0 Å². The number of ether oxygens (including phenoxy) is 3. The van der Waals surface area contributed by atoms with E-state index < -0.39 is 24.0 Å². The van der Waals surface area contributed by atoms with Crippen molar-refractivity contribution < 1.29 is 33.7 Å². The minimum absolute atomic E-state index is 0.0544. The lowest BCUT2D eigenvalue weighted by atomic mass is 10.1. The van der Waals surface area contributed by atoms with Crippen molar-refractivity contribution in [2.75, 3.05) is 34.5 Å². The fourth-order valence-electron chi connectivity index (χ4n) is 1.43. The summed E-state index contributed by atoms with van der Waals surface area (Å²) >= 11 is 0. The molecule has 0 bridgehead atoms. The van der Waals surface area contributed by atoms with Crippen LogP contribution in [-0.4, -0.2) is 69.7 Å². The van der Waals surface area contributed by atoms with E-state index in [4.69, 9.17) is 14.6 Å². The molecule has 2 amide bonds. The number of rotatable bonds is 10. The lowest BCUT2D eigenvalue weighted by Gasteiger charge is -2.17. The molecule has 0 aliphatic carbocycles. The third-order valence-electron chi connectivity index (χ3n) is 2.64. The number of methoxy groups -OCH3 is 3. The topological polar surface area (TPSA) is 123 Å². The van der Waals surface area contributed by atoms with Crippen molar-refractivity contribution in [2.24, 2.45) is 0 Å². The second-order valence-electron chi connectivity index (χ2n) is 4.17. The molecule has 9 nitrogen and oxygen atoms in total. The molecule has 0 saturated heterocycles. The number of amides is 2. The summed E-state index contributed by atoms with van der Waals surface area (Å²) in [5, 5.41) is 13.7. The maximum Gasteiger partial charge on any atom is 0.326 e. The quantitative estimate of drug-likeness (QED) is 0.458. The number of esters is 1. The Kier molecular flexibility index (Phi) is 9.90. The van der Waals surface area contributed by atoms with Gasteiger partial charge in [-0.15, -0.1) is 0 Å². The highest BCUT2D eigenvalue weighted by Crippen LogP contribution is 1.99. The van der Waals surface area contributed by atoms with Gasteiger partial charge in [-0.2, -0.15) is 0 Å². The Balaban J connectivity index is 4.22. The number of carboxylic acids is 1. The van der Waals surface area contributed by atoms with Gasteiger partial charge in [-0.3, -0.25) is 4.79 Å². The summed E-state index contributed by atoms with van der Waals surface area (Å²) in [6.07, 6.45) is -0.488. The molecule has 122 valence electrons. The fraction of sp³-hybridized carbons (Fsp3) is 0.750. The Hall–Kier alpha value is -1.87. The summed E-state index contributed by atoms with van der Waals surface area (Å²) < 4.78 is 14.3. The highest BCUT2D eigenvalue weighted by molar-refractivity contribution is 5.83. The van der Waals surface area contributed by atoms with E-state index in [-0.39, 0.29) is 25.5 Å². The third-order valence-corrected chi connectivity index (χ3v) is 2.64. The first-order chi connectivity index (χ1) is 9.94. The molecule has 0 aromatic carbocycles. The van der Waals surface area contributed by atoms with Crippen LogP contribution in [-0.2, 0) is 23.8 Å². The maximum absolute atomic E-state index is 11.6. The molecule has 0 heterocycles. The second kappa shape index (κ2) is 10.9. The monoisotopic (exact) mass is 306 g/mol. The summed E-state index contributed by atoms with van der Waals surface area (Å²) in [6, 6.07) is -1.84. The second-order valence-corrected chi connectivity index (χ2v) is 4.17. The van der Waals surface area contributed by atoms with Gasteiger partial charge in [-0.1, -0.05) is 0 Å². The normalized spacial score (nSPS) is 13.1. The molecule has 0 aromatic heterocycles. The minimum Gasteiger partial charge on any atom is -0.480 e. The highest BCUT2D eigenvalue weighted by Gasteiger charge is 2.21. The zero-order valence-electron chi connectivity index (χ0n) is 12.4. The molecular weight excluding hydrogens is 284 g/mol. The summed E-state index contributed by atoms with van der Waals surface area (Å²) in [4.78, 5) is 33.6. The number of carboxylic acid groups (broad SMARTS) is 1. The molecule has 0 rings (SSSR count). The fourth-order valence-corrected chi connectivity index (χ4v) is 1.43. The number of carbonyl (C=O) groups is 3. The smallest absolute Gasteiger partial charge is 0.326 e. The van der Waals surface area contributed by atoms with Gasteiger partial charge >= 0.3 is 18.0 Å². The van der Waals surface area contributed by atoms with E-state index in [2.05, 4.69) is 15.4 Å². The van der Waals surface area contributed by atoms with E-state index in [0.717, 1.165) is 0 Å². The molecule has 0 aliphatic heterocycles. The molecule has 0 fully saturated rings. The van der Waals surface area contributed by atoms with Crippen molar-refractivity contribution in [1.82, 2.24) is 10.6 Å². The first-order valence-corrected chi connectivity index (χ1v) is 6.30. The Morgan fingerprint density at radius 3 is 2.33 bits per heavy atom. The number of aliphatic carboxylic acids is 1. The zero-order chi connectivity index (χ0) is 16.3. The summed E-state index contributed by atoms with van der Waals surface area (Å²) in [5.74, 6) is -1.77. The number of nitrogens with one attached hydrogen (secondary N) is 2. The average Bonchev–Trinajstić information content (AvgIpc) is 2.46. The van der Waals surface area contributed by atoms with Crippen molar-refractivity contribution >= 4 is 18.0 Å². The van der Waals surface area contributed by atoms with Crippen LogP contribution in [0, 0.1) is 0 Å². The van der Waals surface area contributed by atoms with Gasteiger partial charge < -0.3 is 30.0 Å². The average molecular weight is 306 g/mol. The van der Waals surface area contributed by atoms with Gasteiger partial charge in [0.25, 0.3) is 0 Å². The number of hydrogen-bond acceptors (Lipinski definition) is 6. The van der Waals surface area contributed by atoms with Gasteiger partial charge in [0, 0.05) is 27.2 Å². The van der Waals surface area contributed by atoms with Crippen LogP contribution in [0.25, 0.3) is 0 Å². The van der Waals surface area contributed by atoms with Crippen LogP contribution in [0.2, 0.25) is 0 Å². The van der Waals surface area contributed by atoms with Crippen LogP contribution >= 0.6 is 0 Å². The van der Waals surface area contributed by atoms with E-state index in [1.54, 1.807) is 0 Å². The van der Waals surface area contributed by atoms with Crippen LogP contribution in [0.1, 0.15) is 12.8 Å². The largest absolute Gasteiger partial charge is 0.480 e. The van der Waals surface area contributed by atoms with Crippen molar-refractivity contribution in [2.45, 2.75) is 25.0 Å². The van der Waals surface area contributed by atoms with Gasteiger partial charge in [0.1, 0.15) is 6.04 Å². The van der Waals surface area contributed by atoms with Crippen LogP contribution in [0.4, 0.5) is 4.79 Å². The SMILES string of the molecule is COCC(CNC(=O)N[C@@H](CCC(=O)OC)C(=O)O)OC. The van der Waals surface area contributed by atoms with Crippen LogP contribution in [0.15, 0.2) is 0 Å². The number of urea groups is 1. The first-order valence-electron chi connectivity index (χ1n) is 6.30. The number of hydrogen-bond donors (Lipinski definition) is 3. The van der Waals surface area contributed by atoms with E-state index >= 15 is 0 Å². The van der Waals surface area contributed by atoms with Gasteiger partial charge in [0.15, 0.2) is 0 Å². The van der Waals surface area contributed by atoms with E-state index in [1.807, 2.05) is 0 Å². The van der Waals surface area contributed by atoms with Crippen molar-refractivity contribution in [3.05, 3.63) is 0 Å². The van der Waals surface area contributed by atoms with Gasteiger partial charge in [0.2, 0.25) is 0 Å². The molecule has 0 spiro atoms. The Labute approximate surface area is 122 Å². The molecule has 0 aliphatic rings. The lowest BCUT2D eigenvalue weighted by Crippen LogP contribution is -2.48. The summed E-state index contributed by atoms with van der Waals surface area (Å²) in [6.45, 7) is 0.459. The predicted octanol–water partition coefficient (Wildman–Crippen LogP) is -0.647. The highest BCUT2D eigenvalue weighted by atomic mass is 16.5. The standard InChI is InChI=1S/C12H22N2O7/c1-19-7-8(20-2)6-13-12(18)14-9(11(16)17)4-5-10(15)21-3/h8-9H,4-7H2,1-3H3,(H,16,17)(H2,13,14,18)/t8?,9-/m0/s1. The van der Waals surface area contributed by atoms with Crippen molar-refractivity contribution in [3.63, 3.8) is 0 Å². The molecule has 3 N–H and O–H groups in total. The predicted molar refractivity (Wildman–Crippen MR) is 71.9 cm³/mol. The maximum atomic E-state index is 11.6. The van der Waals surface area contributed by atoms with Gasteiger partial charge in [0.05, 0.1) is 19.8 Å². The summed E-state index contributed by atoms with van der Waals surface area (Å²) in [7, 11) is 4.18. The van der Waals surface area contributed by atoms with Crippen molar-refractivity contribution in [1.29, 1.82) is 0 Å². The molecule has 0 saturated carbocycles. The van der Waals surface area contributed by atoms with Crippen LogP contribution < -0.4 is 10.6 Å². The Bertz CT molecular complexity index is 348. The summed E-state index contributed by atoms with van der Waals surface area (Å²) in [5.41, 5.74) is 0. The molecule has 9 heteroatoms. The molecule has 0 aromatic rings. The molecule has 1 unspecified atom stereocenters. The van der Waals surface area contributed by atoms with E-state index in [9.17, 15) is 14.4 Å². The zero-order valence-corrected chi connectivity index (χ0v) is 12.4. The van der Waals surface area contributed by atoms with Crippen molar-refractivity contribution in [3.8, 4) is 0 Å². The van der Waals surface area contributed by atoms with Gasteiger partial charge in [-0.25, -0.2) is 9.59 Å². The van der Waals surface area contributed by atoms with E-state index in [1.165, 1.54) is 21.3 Å². The minimum atomic E-state index is -1.23. The number of carbonyl (C=O) groups excluding carboxylic acids is 2. The third kappa shape index (κ3) is 8.82. The molecule has 2 atom stereocenters. The van der Waals surface area contributed by atoms with Crippen LogP contribution in [0.3, 0.4) is 0 Å². The Morgan fingerprint density at radius 2 is 1.86 bits per heavy atom. The van der Waals surface area contributed by atoms with Gasteiger partial charge in [-0.05, 0) is 6.42 Å².